The largest absolute Gasteiger partial charge is 0.481 e. The summed E-state index contributed by atoms with van der Waals surface area (Å²) in [5.74, 6) is 0.239. The van der Waals surface area contributed by atoms with E-state index < -0.39 is 12.3 Å². The van der Waals surface area contributed by atoms with Gasteiger partial charge in [0.05, 0.1) is 0 Å². The molecule has 20 heavy (non-hydrogen) atoms. The molecule has 4 heteroatoms. The Bertz CT molecular complexity index is 508. The van der Waals surface area contributed by atoms with Crippen LogP contribution in [0.25, 0.3) is 0 Å². The van der Waals surface area contributed by atoms with E-state index in [1.54, 1.807) is 18.2 Å². The van der Waals surface area contributed by atoms with Gasteiger partial charge < -0.3 is 4.74 Å². The zero-order chi connectivity index (χ0) is 14.4. The van der Waals surface area contributed by atoms with Gasteiger partial charge in [0.2, 0.25) is 0 Å². The Labute approximate surface area is 116 Å². The summed E-state index contributed by atoms with van der Waals surface area (Å²) >= 11 is 0. The van der Waals surface area contributed by atoms with E-state index in [0.29, 0.717) is 6.42 Å². The normalized spacial score (nSPS) is 12.9. The Morgan fingerprint density at radius 3 is 1.95 bits per heavy atom. The molecule has 1 unspecified atom stereocenters. The van der Waals surface area contributed by atoms with E-state index in [1.165, 1.54) is 12.1 Å². The number of para-hydroxylation sites is 1. The van der Waals surface area contributed by atoms with Crippen LogP contribution in [0, 0.1) is 0 Å². The maximum Gasteiger partial charge on any atom is 0.425 e. The van der Waals surface area contributed by atoms with Crippen molar-refractivity contribution >= 4 is 0 Å². The fourth-order valence-corrected chi connectivity index (χ4v) is 1.90. The lowest BCUT2D eigenvalue weighted by molar-refractivity contribution is -0.196. The summed E-state index contributed by atoms with van der Waals surface area (Å²) in [7, 11) is 0. The number of hydrogen-bond donors (Lipinski definition) is 0. The highest BCUT2D eigenvalue weighted by molar-refractivity contribution is 5.21. The average molecular weight is 280 g/mol. The first-order valence-electron chi connectivity index (χ1n) is 6.38. The molecule has 0 aliphatic carbocycles. The minimum Gasteiger partial charge on any atom is -0.481 e. The van der Waals surface area contributed by atoms with E-state index in [4.69, 9.17) is 4.74 Å². The monoisotopic (exact) mass is 280 g/mol. The van der Waals surface area contributed by atoms with Gasteiger partial charge >= 0.3 is 6.18 Å². The van der Waals surface area contributed by atoms with Crippen LogP contribution in [0.2, 0.25) is 0 Å². The van der Waals surface area contributed by atoms with Gasteiger partial charge in [0.15, 0.2) is 6.10 Å². The molecule has 0 fully saturated rings. The third-order valence-corrected chi connectivity index (χ3v) is 2.92. The Morgan fingerprint density at radius 2 is 1.40 bits per heavy atom. The van der Waals surface area contributed by atoms with E-state index in [0.717, 1.165) is 5.56 Å². The van der Waals surface area contributed by atoms with Gasteiger partial charge in [0.1, 0.15) is 5.75 Å². The van der Waals surface area contributed by atoms with Crippen molar-refractivity contribution in [3.63, 3.8) is 0 Å². The fourth-order valence-electron chi connectivity index (χ4n) is 1.90. The van der Waals surface area contributed by atoms with Gasteiger partial charge in [-0.2, -0.15) is 13.2 Å². The molecular formula is C16H15F3O. The molecule has 106 valence electrons. The number of aryl methyl sites for hydroxylation is 1. The number of hydrogen-bond acceptors (Lipinski definition) is 1. The van der Waals surface area contributed by atoms with Crippen molar-refractivity contribution in [3.8, 4) is 5.75 Å². The van der Waals surface area contributed by atoms with E-state index in [2.05, 4.69) is 0 Å². The molecule has 0 amide bonds. The molecule has 0 radical (unpaired) electrons. The highest BCUT2D eigenvalue weighted by atomic mass is 19.4. The molecule has 1 atom stereocenters. The molecule has 0 bridgehead atoms. The summed E-state index contributed by atoms with van der Waals surface area (Å²) in [5.41, 5.74) is 0.874. The van der Waals surface area contributed by atoms with Crippen molar-refractivity contribution in [2.45, 2.75) is 25.1 Å². The molecule has 0 saturated carbocycles. The van der Waals surface area contributed by atoms with Gasteiger partial charge in [0.25, 0.3) is 0 Å². The number of ether oxygens (including phenoxy) is 1. The SMILES string of the molecule is FC(F)(F)C(CCc1ccccc1)Oc1ccccc1. The predicted octanol–water partition coefficient (Wildman–Crippen LogP) is 4.63. The van der Waals surface area contributed by atoms with Crippen LogP contribution in [-0.2, 0) is 6.42 Å². The molecule has 0 saturated heterocycles. The molecule has 0 spiro atoms. The fraction of sp³-hybridized carbons (Fsp3) is 0.250. The van der Waals surface area contributed by atoms with Gasteiger partial charge in [-0.25, -0.2) is 0 Å². The first-order chi connectivity index (χ1) is 9.55. The minimum atomic E-state index is -4.37. The summed E-state index contributed by atoms with van der Waals surface area (Å²) < 4.78 is 44.0. The van der Waals surface area contributed by atoms with Gasteiger partial charge in [0, 0.05) is 0 Å². The van der Waals surface area contributed by atoms with E-state index in [-0.39, 0.29) is 12.2 Å². The van der Waals surface area contributed by atoms with Crippen molar-refractivity contribution in [3.05, 3.63) is 66.2 Å². The molecular weight excluding hydrogens is 265 g/mol. The summed E-state index contributed by atoms with van der Waals surface area (Å²) in [5, 5.41) is 0. The molecule has 2 rings (SSSR count). The van der Waals surface area contributed by atoms with Crippen LogP contribution >= 0.6 is 0 Å². The molecule has 0 aliphatic rings. The second kappa shape index (κ2) is 6.46. The molecule has 2 aromatic carbocycles. The Hall–Kier alpha value is -1.97. The summed E-state index contributed by atoms with van der Waals surface area (Å²) in [4.78, 5) is 0. The van der Waals surface area contributed by atoms with Crippen molar-refractivity contribution in [1.82, 2.24) is 0 Å². The lowest BCUT2D eigenvalue weighted by atomic mass is 10.1. The highest BCUT2D eigenvalue weighted by Gasteiger charge is 2.41. The van der Waals surface area contributed by atoms with Crippen LogP contribution in [0.4, 0.5) is 13.2 Å². The van der Waals surface area contributed by atoms with E-state index in [9.17, 15) is 13.2 Å². The zero-order valence-corrected chi connectivity index (χ0v) is 10.8. The van der Waals surface area contributed by atoms with Crippen LogP contribution in [0.15, 0.2) is 60.7 Å². The van der Waals surface area contributed by atoms with Gasteiger partial charge in [-0.1, -0.05) is 48.5 Å². The van der Waals surface area contributed by atoms with E-state index in [1.807, 2.05) is 30.3 Å². The second-order valence-electron chi connectivity index (χ2n) is 4.49. The standard InChI is InChI=1S/C16H15F3O/c17-16(18,19)15(20-14-9-5-2-6-10-14)12-11-13-7-3-1-4-8-13/h1-10,15H,11-12H2. The summed E-state index contributed by atoms with van der Waals surface area (Å²) in [6, 6.07) is 17.2. The van der Waals surface area contributed by atoms with Gasteiger partial charge in [-0.3, -0.25) is 0 Å². The third kappa shape index (κ3) is 4.30. The second-order valence-corrected chi connectivity index (χ2v) is 4.49. The lowest BCUT2D eigenvalue weighted by Gasteiger charge is -2.21. The number of rotatable bonds is 5. The predicted molar refractivity (Wildman–Crippen MR) is 71.7 cm³/mol. The quantitative estimate of drug-likeness (QED) is 0.776. The molecule has 0 heterocycles. The maximum absolute atomic E-state index is 13.0. The van der Waals surface area contributed by atoms with Crippen LogP contribution in [-0.4, -0.2) is 12.3 Å². The molecule has 0 aliphatic heterocycles. The van der Waals surface area contributed by atoms with E-state index >= 15 is 0 Å². The summed E-state index contributed by atoms with van der Waals surface area (Å²) in [6.45, 7) is 0. The lowest BCUT2D eigenvalue weighted by Crippen LogP contribution is -2.34. The van der Waals surface area contributed by atoms with Crippen LogP contribution in [0.5, 0.6) is 5.75 Å². The maximum atomic E-state index is 13.0. The number of halogens is 3. The van der Waals surface area contributed by atoms with Gasteiger partial charge in [-0.05, 0) is 30.5 Å². The van der Waals surface area contributed by atoms with Crippen molar-refractivity contribution < 1.29 is 17.9 Å². The summed E-state index contributed by atoms with van der Waals surface area (Å²) in [6.07, 6.45) is -5.92. The Morgan fingerprint density at radius 1 is 0.850 bits per heavy atom. The molecule has 0 aromatic heterocycles. The van der Waals surface area contributed by atoms with Crippen molar-refractivity contribution in [2.75, 3.05) is 0 Å². The van der Waals surface area contributed by atoms with Crippen LogP contribution in [0.3, 0.4) is 0 Å². The zero-order valence-electron chi connectivity index (χ0n) is 10.8. The Balaban J connectivity index is 2.01. The van der Waals surface area contributed by atoms with Crippen LogP contribution in [0.1, 0.15) is 12.0 Å². The van der Waals surface area contributed by atoms with Gasteiger partial charge in [-0.15, -0.1) is 0 Å². The van der Waals surface area contributed by atoms with Crippen molar-refractivity contribution in [2.24, 2.45) is 0 Å². The molecule has 1 nitrogen and oxygen atoms in total. The topological polar surface area (TPSA) is 9.23 Å². The van der Waals surface area contributed by atoms with Crippen LogP contribution < -0.4 is 4.74 Å². The number of alkyl halides is 3. The Kier molecular flexibility index (Phi) is 4.66. The minimum absolute atomic E-state index is 0.0948. The average Bonchev–Trinajstić information content (AvgIpc) is 2.44. The molecule has 2 aromatic rings. The molecule has 0 N–H and O–H groups in total. The third-order valence-electron chi connectivity index (χ3n) is 2.92. The first kappa shape index (κ1) is 14.4. The smallest absolute Gasteiger partial charge is 0.425 e. The van der Waals surface area contributed by atoms with Crippen molar-refractivity contribution in [1.29, 1.82) is 0 Å². The number of benzene rings is 2. The first-order valence-corrected chi connectivity index (χ1v) is 6.38. The highest BCUT2D eigenvalue weighted by Crippen LogP contribution is 2.28.